The second kappa shape index (κ2) is 7.37. The van der Waals surface area contributed by atoms with Crippen LogP contribution in [-0.4, -0.2) is 39.5 Å². The maximum absolute atomic E-state index is 11.6. The molecule has 0 radical (unpaired) electrons. The molecule has 0 aliphatic heterocycles. The zero-order valence-electron chi connectivity index (χ0n) is 12.7. The van der Waals surface area contributed by atoms with Crippen molar-refractivity contribution < 1.29 is 9.59 Å². The van der Waals surface area contributed by atoms with Gasteiger partial charge in [-0.3, -0.25) is 9.59 Å². The molecule has 0 saturated heterocycles. The summed E-state index contributed by atoms with van der Waals surface area (Å²) in [6.07, 6.45) is 2.08. The Hall–Kier alpha value is -2.52. The predicted octanol–water partition coefficient (Wildman–Crippen LogP) is 1.48. The number of amides is 2. The molecule has 0 fully saturated rings. The molecule has 2 amide bonds. The zero-order chi connectivity index (χ0) is 16.9. The number of thiazole rings is 1. The fraction of sp³-hybridized carbons (Fsp3) is 0.200. The number of aromatic nitrogens is 3. The van der Waals surface area contributed by atoms with Gasteiger partial charge in [-0.15, -0.1) is 34.4 Å². The highest BCUT2D eigenvalue weighted by atomic mass is 32.1. The monoisotopic (exact) mass is 361 g/mol. The first kappa shape index (κ1) is 16.3. The second-order valence-electron chi connectivity index (χ2n) is 4.84. The summed E-state index contributed by atoms with van der Waals surface area (Å²) >= 11 is 3.09. The number of rotatable bonds is 6. The van der Waals surface area contributed by atoms with Crippen molar-refractivity contribution in [3.8, 4) is 10.7 Å². The molecule has 0 aliphatic rings. The van der Waals surface area contributed by atoms with E-state index in [9.17, 15) is 9.59 Å². The van der Waals surface area contributed by atoms with Crippen LogP contribution in [0.3, 0.4) is 0 Å². The van der Waals surface area contributed by atoms with Crippen LogP contribution in [0.15, 0.2) is 35.5 Å². The zero-order valence-corrected chi connectivity index (χ0v) is 14.3. The minimum absolute atomic E-state index is 0.266. The van der Waals surface area contributed by atoms with E-state index in [0.717, 1.165) is 15.5 Å². The quantitative estimate of drug-likeness (QED) is 0.514. The average Bonchev–Trinajstić information content (AvgIpc) is 3.29. The minimum atomic E-state index is -0.661. The van der Waals surface area contributed by atoms with Crippen molar-refractivity contribution >= 4 is 39.4 Å². The normalized spacial score (nSPS) is 10.7. The maximum atomic E-state index is 11.6. The minimum Gasteiger partial charge on any atom is -0.347 e. The van der Waals surface area contributed by atoms with Crippen LogP contribution in [0.4, 0.5) is 0 Å². The van der Waals surface area contributed by atoms with Gasteiger partial charge in [0.05, 0.1) is 10.6 Å². The highest BCUT2D eigenvalue weighted by molar-refractivity contribution is 7.15. The molecule has 0 bridgehead atoms. The van der Waals surface area contributed by atoms with Crippen molar-refractivity contribution in [2.24, 2.45) is 0 Å². The summed E-state index contributed by atoms with van der Waals surface area (Å²) in [6.45, 7) is 4.09. The molecule has 0 spiro atoms. The lowest BCUT2D eigenvalue weighted by atomic mass is 10.3. The highest BCUT2D eigenvalue weighted by Crippen LogP contribution is 2.24. The maximum Gasteiger partial charge on any atom is 0.309 e. The molecule has 0 saturated carbocycles. The Balaban J connectivity index is 1.60. The topological polar surface area (TPSA) is 88.4 Å². The summed E-state index contributed by atoms with van der Waals surface area (Å²) in [6, 6.07) is 3.94. The molecule has 9 heteroatoms. The summed E-state index contributed by atoms with van der Waals surface area (Å²) < 4.78 is 1.78. The molecule has 0 unspecified atom stereocenters. The molecule has 2 N–H and O–H groups in total. The van der Waals surface area contributed by atoms with Gasteiger partial charge in [-0.2, -0.15) is 4.98 Å². The highest BCUT2D eigenvalue weighted by Gasteiger charge is 2.14. The van der Waals surface area contributed by atoms with E-state index in [2.05, 4.69) is 27.3 Å². The molecule has 3 heterocycles. The lowest BCUT2D eigenvalue weighted by molar-refractivity contribution is -0.139. The van der Waals surface area contributed by atoms with E-state index in [0.29, 0.717) is 18.8 Å². The number of thiophene rings is 1. The number of hydrogen-bond donors (Lipinski definition) is 2. The van der Waals surface area contributed by atoms with Crippen molar-refractivity contribution in [3.63, 3.8) is 0 Å². The van der Waals surface area contributed by atoms with Crippen LogP contribution in [0, 0.1) is 0 Å². The predicted molar refractivity (Wildman–Crippen MR) is 94.1 cm³/mol. The van der Waals surface area contributed by atoms with Crippen LogP contribution in [0.1, 0.15) is 5.69 Å². The molecule has 0 aliphatic carbocycles. The van der Waals surface area contributed by atoms with Gasteiger partial charge in [0.2, 0.25) is 4.96 Å². The van der Waals surface area contributed by atoms with Crippen LogP contribution in [0.2, 0.25) is 0 Å². The SMILES string of the molecule is C=CCNC(=O)C(=O)NCCc1csc2nc(-c3cccs3)nn12. The molecule has 24 heavy (non-hydrogen) atoms. The van der Waals surface area contributed by atoms with Crippen molar-refractivity contribution in [2.45, 2.75) is 6.42 Å². The van der Waals surface area contributed by atoms with Crippen LogP contribution < -0.4 is 10.6 Å². The summed E-state index contributed by atoms with van der Waals surface area (Å²) in [7, 11) is 0. The lowest BCUT2D eigenvalue weighted by Gasteiger charge is -2.04. The van der Waals surface area contributed by atoms with Gasteiger partial charge in [-0.1, -0.05) is 12.1 Å². The van der Waals surface area contributed by atoms with Crippen molar-refractivity contribution in [1.29, 1.82) is 0 Å². The van der Waals surface area contributed by atoms with Crippen molar-refractivity contribution in [3.05, 3.63) is 41.2 Å². The van der Waals surface area contributed by atoms with E-state index in [-0.39, 0.29) is 6.54 Å². The Morgan fingerprint density at radius 3 is 2.88 bits per heavy atom. The molecule has 0 atom stereocenters. The average molecular weight is 361 g/mol. The number of fused-ring (bicyclic) bond motifs is 1. The summed E-state index contributed by atoms with van der Waals surface area (Å²) in [5, 5.41) is 13.5. The van der Waals surface area contributed by atoms with Crippen molar-refractivity contribution in [2.75, 3.05) is 13.1 Å². The molecule has 7 nitrogen and oxygen atoms in total. The van der Waals surface area contributed by atoms with Crippen LogP contribution in [-0.2, 0) is 16.0 Å². The van der Waals surface area contributed by atoms with Gasteiger partial charge in [0.1, 0.15) is 0 Å². The Bertz CT molecular complexity index is 866. The summed E-state index contributed by atoms with van der Waals surface area (Å²) in [4.78, 5) is 29.4. The lowest BCUT2D eigenvalue weighted by Crippen LogP contribution is -2.40. The van der Waals surface area contributed by atoms with E-state index in [1.807, 2.05) is 22.9 Å². The molecule has 3 aromatic heterocycles. The first-order chi connectivity index (χ1) is 11.7. The fourth-order valence-corrected chi connectivity index (χ4v) is 3.55. The standard InChI is InChI=1S/C15H15N5O2S2/c1-2-6-16-13(21)14(22)17-7-5-10-9-24-15-18-12(19-20(10)15)11-4-3-8-23-11/h2-4,8-9H,1,5-7H2,(H,16,21)(H,17,22). The van der Waals surface area contributed by atoms with Gasteiger partial charge >= 0.3 is 11.8 Å². The van der Waals surface area contributed by atoms with Gasteiger partial charge in [-0.05, 0) is 11.4 Å². The van der Waals surface area contributed by atoms with E-state index in [1.165, 1.54) is 17.4 Å². The third-order valence-corrected chi connectivity index (χ3v) is 4.90. The van der Waals surface area contributed by atoms with Gasteiger partial charge < -0.3 is 10.6 Å². The number of nitrogens with one attached hydrogen (secondary N) is 2. The van der Waals surface area contributed by atoms with Gasteiger partial charge in [0.15, 0.2) is 5.82 Å². The third kappa shape index (κ3) is 3.52. The first-order valence-electron chi connectivity index (χ1n) is 7.23. The molecule has 124 valence electrons. The molecule has 0 aromatic carbocycles. The molecular formula is C15H15N5O2S2. The van der Waals surface area contributed by atoms with E-state index in [4.69, 9.17) is 0 Å². The van der Waals surface area contributed by atoms with E-state index in [1.54, 1.807) is 15.9 Å². The Morgan fingerprint density at radius 2 is 2.12 bits per heavy atom. The smallest absolute Gasteiger partial charge is 0.309 e. The van der Waals surface area contributed by atoms with Crippen molar-refractivity contribution in [1.82, 2.24) is 25.2 Å². The van der Waals surface area contributed by atoms with Crippen LogP contribution >= 0.6 is 22.7 Å². The molecular weight excluding hydrogens is 346 g/mol. The molecule has 3 rings (SSSR count). The van der Waals surface area contributed by atoms with Crippen LogP contribution in [0.25, 0.3) is 15.7 Å². The largest absolute Gasteiger partial charge is 0.347 e. The van der Waals surface area contributed by atoms with Gasteiger partial charge in [0.25, 0.3) is 0 Å². The summed E-state index contributed by atoms with van der Waals surface area (Å²) in [5.74, 6) is -0.613. The first-order valence-corrected chi connectivity index (χ1v) is 8.99. The summed E-state index contributed by atoms with van der Waals surface area (Å²) in [5.41, 5.74) is 0.942. The van der Waals surface area contributed by atoms with Gasteiger partial charge in [-0.25, -0.2) is 4.52 Å². The Kier molecular flexibility index (Phi) is 5.02. The van der Waals surface area contributed by atoms with E-state index < -0.39 is 11.8 Å². The second-order valence-corrected chi connectivity index (χ2v) is 6.62. The third-order valence-electron chi connectivity index (χ3n) is 3.17. The van der Waals surface area contributed by atoms with E-state index >= 15 is 0 Å². The Morgan fingerprint density at radius 1 is 1.29 bits per heavy atom. The number of nitrogens with zero attached hydrogens (tertiary/aromatic N) is 3. The van der Waals surface area contributed by atoms with Crippen LogP contribution in [0.5, 0.6) is 0 Å². The number of hydrogen-bond acceptors (Lipinski definition) is 6. The molecule has 3 aromatic rings. The Labute approximate surface area is 146 Å². The fourth-order valence-electron chi connectivity index (χ4n) is 2.04. The number of carbonyl (C=O) groups excluding carboxylic acids is 2. The number of carbonyl (C=O) groups is 2. The van der Waals surface area contributed by atoms with Gasteiger partial charge in [0, 0.05) is 24.9 Å².